The molecule has 3 fully saturated rings. The first-order valence-corrected chi connectivity index (χ1v) is 11.7. The first kappa shape index (κ1) is 17.8. The van der Waals surface area contributed by atoms with Gasteiger partial charge in [0.15, 0.2) is 0 Å². The molecule has 0 nitrogen and oxygen atoms in total. The van der Waals surface area contributed by atoms with Crippen LogP contribution in [0.3, 0.4) is 0 Å². The lowest BCUT2D eigenvalue weighted by atomic mass is 9.71. The molecule has 0 N–H and O–H groups in total. The van der Waals surface area contributed by atoms with Crippen LogP contribution in [0.1, 0.15) is 131 Å². The number of benzene rings is 1. The number of rotatable bonds is 3. The molecule has 3 radical (unpaired) electrons. The fraction of sp³-hybridized carbons (Fsp3) is 0.750. The molecule has 3 aliphatic carbocycles. The number of hydrogen-bond acceptors (Lipinski definition) is 0. The van der Waals surface area contributed by atoms with Gasteiger partial charge in [-0.15, -0.1) is 0 Å². The summed E-state index contributed by atoms with van der Waals surface area (Å²) in [5.74, 6) is 2.51. The SMILES string of the molecule is [Si]c1ccc(C2CCCCC2)c(C2CCCCC2)c1C1CCCCC1. The Labute approximate surface area is 158 Å². The van der Waals surface area contributed by atoms with Crippen LogP contribution in [0.4, 0.5) is 0 Å². The van der Waals surface area contributed by atoms with Crippen molar-refractivity contribution in [3.63, 3.8) is 0 Å². The Morgan fingerprint density at radius 2 is 0.960 bits per heavy atom. The van der Waals surface area contributed by atoms with Crippen LogP contribution in [0.25, 0.3) is 0 Å². The van der Waals surface area contributed by atoms with Crippen molar-refractivity contribution in [2.24, 2.45) is 0 Å². The van der Waals surface area contributed by atoms with Gasteiger partial charge in [-0.1, -0.05) is 75.1 Å². The lowest BCUT2D eigenvalue weighted by molar-refractivity contribution is 0.405. The fourth-order valence-corrected chi connectivity index (χ4v) is 6.52. The summed E-state index contributed by atoms with van der Waals surface area (Å²) < 4.78 is 0. The highest BCUT2D eigenvalue weighted by molar-refractivity contribution is 6.33. The largest absolute Gasteiger partial charge is 0.0716 e. The molecule has 0 bridgehead atoms. The van der Waals surface area contributed by atoms with E-state index in [1.54, 1.807) is 11.1 Å². The van der Waals surface area contributed by atoms with Crippen LogP contribution in [0.2, 0.25) is 0 Å². The fourth-order valence-electron chi connectivity index (χ4n) is 6.10. The molecular weight excluding hydrogens is 316 g/mol. The van der Waals surface area contributed by atoms with Crippen molar-refractivity contribution in [1.82, 2.24) is 0 Å². The third-order valence-corrected chi connectivity index (χ3v) is 7.83. The normalized spacial score (nSPS) is 24.5. The summed E-state index contributed by atoms with van der Waals surface area (Å²) in [7, 11) is 4.07. The van der Waals surface area contributed by atoms with E-state index in [9.17, 15) is 0 Å². The van der Waals surface area contributed by atoms with E-state index in [-0.39, 0.29) is 0 Å². The van der Waals surface area contributed by atoms with Gasteiger partial charge < -0.3 is 0 Å². The van der Waals surface area contributed by atoms with E-state index in [1.807, 2.05) is 5.56 Å². The first-order chi connectivity index (χ1) is 12.3. The van der Waals surface area contributed by atoms with Gasteiger partial charge in [-0.25, -0.2) is 0 Å². The molecular formula is C24H35Si. The minimum Gasteiger partial charge on any atom is -0.0636 e. The predicted octanol–water partition coefficient (Wildman–Crippen LogP) is 6.62. The maximum atomic E-state index is 4.07. The molecule has 0 saturated heterocycles. The summed E-state index contributed by atoms with van der Waals surface area (Å²) in [6.45, 7) is 0. The van der Waals surface area contributed by atoms with Crippen LogP contribution >= 0.6 is 0 Å². The van der Waals surface area contributed by atoms with Crippen molar-refractivity contribution in [2.75, 3.05) is 0 Å². The second-order valence-electron chi connectivity index (χ2n) is 9.03. The summed E-state index contributed by atoms with van der Waals surface area (Å²) in [5, 5.41) is 1.42. The Morgan fingerprint density at radius 1 is 0.520 bits per heavy atom. The van der Waals surface area contributed by atoms with E-state index < -0.39 is 0 Å². The molecule has 0 atom stereocenters. The van der Waals surface area contributed by atoms with Crippen LogP contribution in [0, 0.1) is 0 Å². The van der Waals surface area contributed by atoms with Crippen molar-refractivity contribution < 1.29 is 0 Å². The van der Waals surface area contributed by atoms with Crippen molar-refractivity contribution in [2.45, 2.75) is 114 Å². The van der Waals surface area contributed by atoms with Crippen molar-refractivity contribution in [3.8, 4) is 0 Å². The minimum absolute atomic E-state index is 0.821. The molecule has 1 aromatic rings. The van der Waals surface area contributed by atoms with Crippen molar-refractivity contribution in [3.05, 3.63) is 28.8 Å². The first-order valence-electron chi connectivity index (χ1n) is 11.2. The summed E-state index contributed by atoms with van der Waals surface area (Å²) in [6.07, 6.45) is 21.6. The third kappa shape index (κ3) is 3.92. The van der Waals surface area contributed by atoms with Gasteiger partial charge in [0.25, 0.3) is 0 Å². The molecule has 0 unspecified atom stereocenters. The van der Waals surface area contributed by atoms with Gasteiger partial charge >= 0.3 is 0 Å². The molecule has 0 aliphatic heterocycles. The second-order valence-corrected chi connectivity index (χ2v) is 9.57. The van der Waals surface area contributed by atoms with E-state index in [2.05, 4.69) is 22.4 Å². The lowest BCUT2D eigenvalue weighted by Crippen LogP contribution is -2.24. The second kappa shape index (κ2) is 8.42. The number of hydrogen-bond donors (Lipinski definition) is 0. The predicted molar refractivity (Wildman–Crippen MR) is 109 cm³/mol. The zero-order valence-corrected chi connectivity index (χ0v) is 17.0. The maximum absolute atomic E-state index is 4.07. The monoisotopic (exact) mass is 351 g/mol. The van der Waals surface area contributed by atoms with Crippen molar-refractivity contribution >= 4 is 15.4 Å². The molecule has 0 heterocycles. The van der Waals surface area contributed by atoms with E-state index >= 15 is 0 Å². The Balaban J connectivity index is 1.76. The zero-order chi connectivity index (χ0) is 17.1. The van der Waals surface area contributed by atoms with Gasteiger partial charge in [0.05, 0.1) is 10.2 Å². The molecule has 135 valence electrons. The van der Waals surface area contributed by atoms with Crippen LogP contribution < -0.4 is 5.19 Å². The van der Waals surface area contributed by atoms with E-state index in [4.69, 9.17) is 0 Å². The molecule has 25 heavy (non-hydrogen) atoms. The topological polar surface area (TPSA) is 0 Å². The highest BCUT2D eigenvalue weighted by Crippen LogP contribution is 2.45. The third-order valence-electron chi connectivity index (χ3n) is 7.39. The molecule has 4 rings (SSSR count). The summed E-state index contributed by atoms with van der Waals surface area (Å²) in [4.78, 5) is 0. The average molecular weight is 352 g/mol. The summed E-state index contributed by atoms with van der Waals surface area (Å²) in [6, 6.07) is 4.94. The molecule has 1 heteroatoms. The molecule has 0 aromatic heterocycles. The summed E-state index contributed by atoms with van der Waals surface area (Å²) in [5.41, 5.74) is 5.37. The molecule has 0 amide bonds. The minimum atomic E-state index is 0.821. The average Bonchev–Trinajstić information content (AvgIpc) is 2.70. The molecule has 1 aromatic carbocycles. The van der Waals surface area contributed by atoms with Crippen LogP contribution in [0.15, 0.2) is 12.1 Å². The van der Waals surface area contributed by atoms with Gasteiger partial charge in [0.1, 0.15) is 0 Å². The molecule has 3 saturated carbocycles. The van der Waals surface area contributed by atoms with E-state index in [0.29, 0.717) is 0 Å². The molecule has 3 aliphatic rings. The zero-order valence-electron chi connectivity index (χ0n) is 16.0. The van der Waals surface area contributed by atoms with E-state index in [0.717, 1.165) is 17.8 Å². The van der Waals surface area contributed by atoms with Gasteiger partial charge in [0.2, 0.25) is 0 Å². The van der Waals surface area contributed by atoms with Gasteiger partial charge in [-0.05, 0) is 73.0 Å². The van der Waals surface area contributed by atoms with Crippen LogP contribution in [0.5, 0.6) is 0 Å². The maximum Gasteiger partial charge on any atom is 0.0716 e. The smallest absolute Gasteiger partial charge is 0.0636 e. The van der Waals surface area contributed by atoms with Gasteiger partial charge in [0, 0.05) is 0 Å². The van der Waals surface area contributed by atoms with Gasteiger partial charge in [-0.2, -0.15) is 0 Å². The lowest BCUT2D eigenvalue weighted by Gasteiger charge is -2.35. The Bertz CT molecular complexity index is 558. The van der Waals surface area contributed by atoms with Gasteiger partial charge in [-0.3, -0.25) is 0 Å². The van der Waals surface area contributed by atoms with E-state index in [1.165, 1.54) is 101 Å². The molecule has 0 spiro atoms. The Morgan fingerprint density at radius 3 is 1.48 bits per heavy atom. The Hall–Kier alpha value is -0.563. The van der Waals surface area contributed by atoms with Crippen LogP contribution in [-0.4, -0.2) is 10.2 Å². The highest BCUT2D eigenvalue weighted by atomic mass is 28.1. The highest BCUT2D eigenvalue weighted by Gasteiger charge is 2.30. The van der Waals surface area contributed by atoms with Crippen molar-refractivity contribution in [1.29, 1.82) is 0 Å². The summed E-state index contributed by atoms with van der Waals surface area (Å²) >= 11 is 0. The standard InChI is InChI=1S/C24H35Si/c25-22-17-16-21(18-10-4-1-5-11-18)23(19-12-6-2-7-13-19)24(22)20-14-8-3-9-15-20/h16-20H,1-15H2. The van der Waals surface area contributed by atoms with Crippen LogP contribution in [-0.2, 0) is 0 Å². The Kier molecular flexibility index (Phi) is 6.00. The quantitative estimate of drug-likeness (QED) is 0.537.